The van der Waals surface area contributed by atoms with Crippen LogP contribution in [0.3, 0.4) is 0 Å². The zero-order chi connectivity index (χ0) is 24.7. The highest BCUT2D eigenvalue weighted by atomic mass is 16.6. The molecular weight excluding hydrogens is 420 g/mol. The fourth-order valence-electron chi connectivity index (χ4n) is 3.16. The smallest absolute Gasteiger partial charge is 0.410 e. The van der Waals surface area contributed by atoms with Gasteiger partial charge in [0.25, 0.3) is 0 Å². The first-order chi connectivity index (χ1) is 14.6. The molecule has 182 valence electrons. The topological polar surface area (TPSA) is 128 Å². The van der Waals surface area contributed by atoms with Crippen molar-refractivity contribution in [1.82, 2.24) is 10.2 Å². The van der Waals surface area contributed by atoms with Crippen LogP contribution in [0, 0.1) is 0 Å². The van der Waals surface area contributed by atoms with Crippen molar-refractivity contribution < 1.29 is 38.2 Å². The molecule has 2 unspecified atom stereocenters. The summed E-state index contributed by atoms with van der Waals surface area (Å²) in [5.74, 6) is -0.980. The molecule has 0 aromatic rings. The van der Waals surface area contributed by atoms with E-state index in [-0.39, 0.29) is 50.2 Å². The van der Waals surface area contributed by atoms with Crippen LogP contribution in [0.25, 0.3) is 0 Å². The molecule has 0 aromatic carbocycles. The minimum Gasteiger partial charge on any atom is -0.467 e. The number of alkyl carbamates (subject to hydrolysis) is 1. The molecule has 2 amide bonds. The van der Waals surface area contributed by atoms with Gasteiger partial charge >= 0.3 is 18.2 Å². The first-order valence-corrected chi connectivity index (χ1v) is 10.7. The van der Waals surface area contributed by atoms with Crippen LogP contribution >= 0.6 is 0 Å². The van der Waals surface area contributed by atoms with Gasteiger partial charge in [0.1, 0.15) is 28.8 Å². The van der Waals surface area contributed by atoms with Crippen LogP contribution < -0.4 is 5.32 Å². The van der Waals surface area contributed by atoms with E-state index in [1.54, 1.807) is 41.5 Å². The van der Waals surface area contributed by atoms with Gasteiger partial charge in [-0.2, -0.15) is 0 Å². The molecule has 0 saturated carbocycles. The lowest BCUT2D eigenvalue weighted by Gasteiger charge is -2.36. The predicted molar refractivity (Wildman–Crippen MR) is 115 cm³/mol. The van der Waals surface area contributed by atoms with E-state index >= 15 is 0 Å². The molecule has 1 rings (SSSR count). The van der Waals surface area contributed by atoms with Crippen molar-refractivity contribution >= 4 is 29.7 Å². The van der Waals surface area contributed by atoms with Gasteiger partial charge in [0.2, 0.25) is 0 Å². The van der Waals surface area contributed by atoms with Crippen LogP contribution in [0.2, 0.25) is 0 Å². The maximum Gasteiger partial charge on any atom is 0.410 e. The van der Waals surface area contributed by atoms with Crippen molar-refractivity contribution in [2.24, 2.45) is 0 Å². The number of nitrogens with one attached hydrogen (secondary N) is 1. The van der Waals surface area contributed by atoms with E-state index in [0.717, 1.165) is 0 Å². The lowest BCUT2D eigenvalue weighted by Crippen LogP contribution is -2.49. The van der Waals surface area contributed by atoms with Gasteiger partial charge in [-0.3, -0.25) is 9.59 Å². The number of ether oxygens (including phenoxy) is 3. The summed E-state index contributed by atoms with van der Waals surface area (Å²) in [5.41, 5.74) is -1.45. The molecule has 1 aliphatic rings. The molecule has 0 aliphatic carbocycles. The maximum atomic E-state index is 12.6. The van der Waals surface area contributed by atoms with Crippen LogP contribution in [-0.4, -0.2) is 71.6 Å². The number of rotatable bonds is 7. The summed E-state index contributed by atoms with van der Waals surface area (Å²) in [6.45, 7) is 10.5. The monoisotopic (exact) mass is 456 g/mol. The summed E-state index contributed by atoms with van der Waals surface area (Å²) < 4.78 is 15.2. The molecule has 1 saturated heterocycles. The third-order valence-electron chi connectivity index (χ3n) is 4.52. The highest BCUT2D eigenvalue weighted by Gasteiger charge is 2.35. The molecule has 10 heteroatoms. The molecule has 1 fully saturated rings. The summed E-state index contributed by atoms with van der Waals surface area (Å²) in [7, 11) is 1.18. The zero-order valence-electron chi connectivity index (χ0n) is 20.1. The van der Waals surface area contributed by atoms with Crippen molar-refractivity contribution in [2.45, 2.75) is 96.9 Å². The fourth-order valence-corrected chi connectivity index (χ4v) is 3.16. The van der Waals surface area contributed by atoms with Gasteiger partial charge in [-0.15, -0.1) is 0 Å². The summed E-state index contributed by atoms with van der Waals surface area (Å²) in [4.78, 5) is 62.5. The third-order valence-corrected chi connectivity index (χ3v) is 4.52. The van der Waals surface area contributed by atoms with Crippen LogP contribution in [0.4, 0.5) is 9.59 Å². The Balaban J connectivity index is 2.74. The Labute approximate surface area is 189 Å². The average Bonchev–Trinajstić information content (AvgIpc) is 2.61. The first-order valence-electron chi connectivity index (χ1n) is 10.7. The second kappa shape index (κ2) is 11.3. The van der Waals surface area contributed by atoms with Crippen molar-refractivity contribution in [3.05, 3.63) is 0 Å². The predicted octanol–water partition coefficient (Wildman–Crippen LogP) is 2.76. The standard InChI is InChI=1S/C22H36N2O8/c1-21(2,3)31-19(28)23-17(18(27)30-7)9-8-15(25)12-14-13-16(26)10-11-24(14)20(29)32-22(4,5)6/h14,17H,8-13H2,1-7H3,(H,23,28). The van der Waals surface area contributed by atoms with Crippen LogP contribution in [0.5, 0.6) is 0 Å². The number of esters is 1. The molecule has 0 aromatic heterocycles. The van der Waals surface area contributed by atoms with E-state index in [2.05, 4.69) is 5.32 Å². The number of likely N-dealkylation sites (tertiary alicyclic amines) is 1. The highest BCUT2D eigenvalue weighted by Crippen LogP contribution is 2.22. The molecule has 10 nitrogen and oxygen atoms in total. The second-order valence-corrected chi connectivity index (χ2v) is 9.82. The van der Waals surface area contributed by atoms with E-state index in [4.69, 9.17) is 14.2 Å². The van der Waals surface area contributed by atoms with E-state index in [1.165, 1.54) is 12.0 Å². The molecule has 0 radical (unpaired) electrons. The molecule has 1 N–H and O–H groups in total. The normalized spacial score (nSPS) is 17.9. The minimum atomic E-state index is -1.06. The lowest BCUT2D eigenvalue weighted by molar-refractivity contribution is -0.143. The lowest BCUT2D eigenvalue weighted by atomic mass is 9.95. The maximum absolute atomic E-state index is 12.6. The van der Waals surface area contributed by atoms with E-state index in [1.807, 2.05) is 0 Å². The van der Waals surface area contributed by atoms with Gasteiger partial charge in [0.15, 0.2) is 0 Å². The number of ketones is 2. The van der Waals surface area contributed by atoms with Gasteiger partial charge < -0.3 is 24.4 Å². The zero-order valence-corrected chi connectivity index (χ0v) is 20.1. The first kappa shape index (κ1) is 27.4. The van der Waals surface area contributed by atoms with Gasteiger partial charge in [-0.25, -0.2) is 14.4 Å². The molecule has 2 atom stereocenters. The summed E-state index contributed by atoms with van der Waals surface area (Å²) in [6, 6.07) is -1.66. The molecule has 32 heavy (non-hydrogen) atoms. The number of hydrogen-bond acceptors (Lipinski definition) is 8. The van der Waals surface area contributed by atoms with Gasteiger partial charge in [0, 0.05) is 38.3 Å². The largest absolute Gasteiger partial charge is 0.467 e. The Morgan fingerprint density at radius 2 is 1.66 bits per heavy atom. The molecule has 1 heterocycles. The van der Waals surface area contributed by atoms with Gasteiger partial charge in [-0.1, -0.05) is 0 Å². The molecule has 0 spiro atoms. The Hall–Kier alpha value is -2.65. The number of carbonyl (C=O) groups excluding carboxylic acids is 5. The third kappa shape index (κ3) is 10.1. The molecule has 0 bridgehead atoms. The number of nitrogens with zero attached hydrogens (tertiary/aromatic N) is 1. The Bertz CT molecular complexity index is 720. The SMILES string of the molecule is COC(=O)C(CCC(=O)CC1CC(=O)CCN1C(=O)OC(C)(C)C)NC(=O)OC(C)(C)C. The quantitative estimate of drug-likeness (QED) is 0.457. The summed E-state index contributed by atoms with van der Waals surface area (Å²) in [5, 5.41) is 2.42. The summed E-state index contributed by atoms with van der Waals surface area (Å²) in [6.07, 6.45) is -1.18. The molecular formula is C22H36N2O8. The number of Topliss-reactive ketones (excluding diaryl/α,β-unsaturated/α-hetero) is 2. The van der Waals surface area contributed by atoms with E-state index < -0.39 is 41.4 Å². The number of carbonyl (C=O) groups is 5. The fraction of sp³-hybridized carbons (Fsp3) is 0.773. The Morgan fingerprint density at radius 1 is 1.06 bits per heavy atom. The number of amides is 2. The van der Waals surface area contributed by atoms with Crippen molar-refractivity contribution in [1.29, 1.82) is 0 Å². The number of piperidine rings is 1. The number of hydrogen-bond donors (Lipinski definition) is 1. The van der Waals surface area contributed by atoms with Crippen LogP contribution in [0.15, 0.2) is 0 Å². The van der Waals surface area contributed by atoms with Crippen LogP contribution in [0.1, 0.15) is 73.6 Å². The van der Waals surface area contributed by atoms with E-state index in [0.29, 0.717) is 0 Å². The summed E-state index contributed by atoms with van der Waals surface area (Å²) >= 11 is 0. The second-order valence-electron chi connectivity index (χ2n) is 9.82. The van der Waals surface area contributed by atoms with E-state index in [9.17, 15) is 24.0 Å². The molecule has 1 aliphatic heterocycles. The van der Waals surface area contributed by atoms with Crippen molar-refractivity contribution in [3.8, 4) is 0 Å². The minimum absolute atomic E-state index is 0.00213. The highest BCUT2D eigenvalue weighted by molar-refractivity contribution is 5.86. The van der Waals surface area contributed by atoms with Crippen LogP contribution in [-0.2, 0) is 28.6 Å². The Kier molecular flexibility index (Phi) is 9.66. The number of methoxy groups -OCH3 is 1. The average molecular weight is 457 g/mol. The van der Waals surface area contributed by atoms with Crippen molar-refractivity contribution in [3.63, 3.8) is 0 Å². The van der Waals surface area contributed by atoms with Crippen molar-refractivity contribution in [2.75, 3.05) is 13.7 Å². The van der Waals surface area contributed by atoms with Gasteiger partial charge in [0.05, 0.1) is 7.11 Å². The van der Waals surface area contributed by atoms with Gasteiger partial charge in [-0.05, 0) is 48.0 Å². The Morgan fingerprint density at radius 3 is 2.19 bits per heavy atom.